The van der Waals surface area contributed by atoms with Crippen LogP contribution in [0.15, 0.2) is 12.1 Å². The fourth-order valence-electron chi connectivity index (χ4n) is 1.25. The first-order valence-electron chi connectivity index (χ1n) is 3.39. The molecule has 3 heteroatoms. The molecule has 0 unspecified atom stereocenters. The Morgan fingerprint density at radius 2 is 2.45 bits per heavy atom. The molecule has 1 aliphatic carbocycles. The molecular formula is C8H7NO2. The van der Waals surface area contributed by atoms with Crippen molar-refractivity contribution in [2.75, 3.05) is 0 Å². The number of allylic oxidation sites excluding steroid dienone is 1. The number of carboxylic acid groups (broad SMARTS) is 1. The number of aromatic carboxylic acids is 1. The number of H-pyrrole nitrogens is 1. The predicted octanol–water partition coefficient (Wildman–Crippen LogP) is 1.28. The third-order valence-corrected chi connectivity index (χ3v) is 1.78. The third-order valence-electron chi connectivity index (χ3n) is 1.78. The van der Waals surface area contributed by atoms with Crippen LogP contribution in [0.5, 0.6) is 0 Å². The Morgan fingerprint density at radius 3 is 3.09 bits per heavy atom. The van der Waals surface area contributed by atoms with Gasteiger partial charge in [0.25, 0.3) is 0 Å². The average Bonchev–Trinajstić information content (AvgIpc) is 2.40. The van der Waals surface area contributed by atoms with Crippen molar-refractivity contribution in [3.05, 3.63) is 29.1 Å². The molecule has 56 valence electrons. The number of rotatable bonds is 1. The van der Waals surface area contributed by atoms with Crippen molar-refractivity contribution >= 4 is 12.0 Å². The van der Waals surface area contributed by atoms with Crippen molar-refractivity contribution < 1.29 is 9.90 Å². The van der Waals surface area contributed by atoms with Crippen LogP contribution in [0.25, 0.3) is 6.08 Å². The summed E-state index contributed by atoms with van der Waals surface area (Å²) >= 11 is 0. The molecule has 0 saturated carbocycles. The van der Waals surface area contributed by atoms with E-state index >= 15 is 0 Å². The molecular weight excluding hydrogens is 142 g/mol. The van der Waals surface area contributed by atoms with Crippen LogP contribution in [0.1, 0.15) is 21.7 Å². The van der Waals surface area contributed by atoms with E-state index < -0.39 is 5.97 Å². The quantitative estimate of drug-likeness (QED) is 0.632. The molecule has 0 aliphatic heterocycles. The number of fused-ring (bicyclic) bond motifs is 1. The van der Waals surface area contributed by atoms with Crippen LogP contribution in [0.3, 0.4) is 0 Å². The summed E-state index contributed by atoms with van der Waals surface area (Å²) < 4.78 is 0. The number of aromatic nitrogens is 1. The Hall–Kier alpha value is -1.51. The van der Waals surface area contributed by atoms with Gasteiger partial charge in [0.2, 0.25) is 0 Å². The lowest BCUT2D eigenvalue weighted by Crippen LogP contribution is -1.96. The van der Waals surface area contributed by atoms with Crippen LogP contribution in [0.4, 0.5) is 0 Å². The second-order valence-electron chi connectivity index (χ2n) is 2.53. The summed E-state index contributed by atoms with van der Waals surface area (Å²) in [6.45, 7) is 0. The molecule has 1 aliphatic rings. The smallest absolute Gasteiger partial charge is 0.352 e. The van der Waals surface area contributed by atoms with E-state index in [1.807, 2.05) is 12.2 Å². The van der Waals surface area contributed by atoms with E-state index in [2.05, 4.69) is 4.98 Å². The summed E-state index contributed by atoms with van der Waals surface area (Å²) in [6.07, 6.45) is 4.76. The Labute approximate surface area is 63.4 Å². The van der Waals surface area contributed by atoms with Crippen LogP contribution in [0, 0.1) is 0 Å². The molecule has 0 aromatic carbocycles. The number of nitrogens with one attached hydrogen (secondary N) is 1. The van der Waals surface area contributed by atoms with Gasteiger partial charge in [-0.15, -0.1) is 0 Å². The number of hydrogen-bond acceptors (Lipinski definition) is 1. The highest BCUT2D eigenvalue weighted by atomic mass is 16.4. The minimum atomic E-state index is -0.896. The van der Waals surface area contributed by atoms with Crippen LogP contribution in [0.2, 0.25) is 0 Å². The molecule has 0 fully saturated rings. The maximum absolute atomic E-state index is 10.5. The first-order valence-corrected chi connectivity index (χ1v) is 3.39. The fraction of sp³-hybridized carbons (Fsp3) is 0.125. The van der Waals surface area contributed by atoms with Crippen LogP contribution in [-0.4, -0.2) is 16.1 Å². The second kappa shape index (κ2) is 1.99. The summed E-state index contributed by atoms with van der Waals surface area (Å²) in [5, 5.41) is 8.59. The van der Waals surface area contributed by atoms with E-state index in [0.717, 1.165) is 17.7 Å². The van der Waals surface area contributed by atoms with E-state index in [1.165, 1.54) is 0 Å². The molecule has 1 aromatic rings. The van der Waals surface area contributed by atoms with Gasteiger partial charge in [0.15, 0.2) is 0 Å². The van der Waals surface area contributed by atoms with E-state index in [9.17, 15) is 4.79 Å². The molecule has 1 aromatic heterocycles. The molecule has 0 amide bonds. The first kappa shape index (κ1) is 6.22. The lowest BCUT2D eigenvalue weighted by molar-refractivity contribution is 0.0691. The third kappa shape index (κ3) is 0.852. The van der Waals surface area contributed by atoms with Crippen LogP contribution in [-0.2, 0) is 6.42 Å². The highest BCUT2D eigenvalue weighted by Crippen LogP contribution is 2.19. The van der Waals surface area contributed by atoms with Crippen molar-refractivity contribution in [2.24, 2.45) is 0 Å². The van der Waals surface area contributed by atoms with Crippen molar-refractivity contribution in [3.63, 3.8) is 0 Å². The van der Waals surface area contributed by atoms with Crippen LogP contribution >= 0.6 is 0 Å². The summed E-state index contributed by atoms with van der Waals surface area (Å²) in [4.78, 5) is 13.3. The van der Waals surface area contributed by atoms with Gasteiger partial charge in [0.1, 0.15) is 5.69 Å². The SMILES string of the molecule is O=C(O)c1cc2c([nH]1)CC=C2. The van der Waals surface area contributed by atoms with Crippen molar-refractivity contribution in [2.45, 2.75) is 6.42 Å². The molecule has 2 rings (SSSR count). The normalized spacial score (nSPS) is 13.5. The Balaban J connectivity index is 2.49. The zero-order valence-electron chi connectivity index (χ0n) is 5.79. The zero-order chi connectivity index (χ0) is 7.84. The van der Waals surface area contributed by atoms with Gasteiger partial charge >= 0.3 is 5.97 Å². The van der Waals surface area contributed by atoms with Crippen molar-refractivity contribution in [1.82, 2.24) is 4.98 Å². The predicted molar refractivity (Wildman–Crippen MR) is 40.5 cm³/mol. The van der Waals surface area contributed by atoms with E-state index in [1.54, 1.807) is 6.07 Å². The van der Waals surface area contributed by atoms with E-state index in [0.29, 0.717) is 0 Å². The molecule has 11 heavy (non-hydrogen) atoms. The molecule has 0 atom stereocenters. The monoisotopic (exact) mass is 149 g/mol. The molecule has 2 N–H and O–H groups in total. The van der Waals surface area contributed by atoms with Gasteiger partial charge < -0.3 is 10.1 Å². The largest absolute Gasteiger partial charge is 0.477 e. The summed E-state index contributed by atoms with van der Waals surface area (Å²) in [5.74, 6) is -0.896. The number of carbonyl (C=O) groups is 1. The number of carboxylic acids is 1. The van der Waals surface area contributed by atoms with Crippen LogP contribution < -0.4 is 0 Å². The lowest BCUT2D eigenvalue weighted by Gasteiger charge is -1.86. The van der Waals surface area contributed by atoms with Gasteiger partial charge in [0, 0.05) is 12.1 Å². The molecule has 0 bridgehead atoms. The summed E-state index contributed by atoms with van der Waals surface area (Å²) in [6, 6.07) is 1.65. The minimum absolute atomic E-state index is 0.277. The van der Waals surface area contributed by atoms with Crippen molar-refractivity contribution in [1.29, 1.82) is 0 Å². The maximum Gasteiger partial charge on any atom is 0.352 e. The van der Waals surface area contributed by atoms with E-state index in [4.69, 9.17) is 5.11 Å². The molecule has 3 nitrogen and oxygen atoms in total. The van der Waals surface area contributed by atoms with Gasteiger partial charge in [-0.2, -0.15) is 0 Å². The number of hydrogen-bond donors (Lipinski definition) is 2. The van der Waals surface area contributed by atoms with E-state index in [-0.39, 0.29) is 5.69 Å². The van der Waals surface area contributed by atoms with Gasteiger partial charge in [-0.1, -0.05) is 12.2 Å². The van der Waals surface area contributed by atoms with Gasteiger partial charge in [-0.25, -0.2) is 4.79 Å². The highest BCUT2D eigenvalue weighted by molar-refractivity contribution is 5.87. The highest BCUT2D eigenvalue weighted by Gasteiger charge is 2.12. The van der Waals surface area contributed by atoms with Gasteiger partial charge in [0.05, 0.1) is 0 Å². The molecule has 1 heterocycles. The number of aromatic amines is 1. The second-order valence-corrected chi connectivity index (χ2v) is 2.53. The lowest BCUT2D eigenvalue weighted by atomic mass is 10.3. The minimum Gasteiger partial charge on any atom is -0.477 e. The Bertz CT molecular complexity index is 336. The Kier molecular flexibility index (Phi) is 1.12. The summed E-state index contributed by atoms with van der Waals surface area (Å²) in [7, 11) is 0. The Morgan fingerprint density at radius 1 is 1.64 bits per heavy atom. The topological polar surface area (TPSA) is 53.1 Å². The maximum atomic E-state index is 10.5. The molecule has 0 saturated heterocycles. The first-order chi connectivity index (χ1) is 5.27. The molecule has 0 radical (unpaired) electrons. The molecule has 0 spiro atoms. The average molecular weight is 149 g/mol. The fourth-order valence-corrected chi connectivity index (χ4v) is 1.25. The summed E-state index contributed by atoms with van der Waals surface area (Å²) in [5.41, 5.74) is 2.28. The van der Waals surface area contributed by atoms with Gasteiger partial charge in [-0.05, 0) is 11.6 Å². The van der Waals surface area contributed by atoms with Gasteiger partial charge in [-0.3, -0.25) is 0 Å². The standard InChI is InChI=1S/C8H7NO2/c10-8(11)7-4-5-2-1-3-6(5)9-7/h1-2,4,9H,3H2,(H,10,11). The zero-order valence-corrected chi connectivity index (χ0v) is 5.79. The van der Waals surface area contributed by atoms with Crippen molar-refractivity contribution in [3.8, 4) is 0 Å².